The number of phenolic OH excluding ortho intramolecular Hbond substituents is 1. The van der Waals surface area contributed by atoms with Crippen molar-refractivity contribution in [3.8, 4) is 17.0 Å². The van der Waals surface area contributed by atoms with Crippen molar-refractivity contribution < 1.29 is 5.11 Å². The molecule has 0 bridgehead atoms. The highest BCUT2D eigenvalue weighted by Crippen LogP contribution is 2.22. The molecule has 0 spiro atoms. The van der Waals surface area contributed by atoms with E-state index >= 15 is 0 Å². The number of aromatic hydroxyl groups is 1. The van der Waals surface area contributed by atoms with E-state index in [1.807, 2.05) is 59.3 Å². The fourth-order valence-electron chi connectivity index (χ4n) is 2.52. The zero-order chi connectivity index (χ0) is 18.5. The third-order valence-corrected chi connectivity index (χ3v) is 4.93. The fraction of sp³-hybridized carbons (Fsp3) is 0.100. The lowest BCUT2D eigenvalue weighted by Gasteiger charge is -2.06. The maximum Gasteiger partial charge on any atom is 0.211 e. The minimum Gasteiger partial charge on any atom is -0.507 e. The Morgan fingerprint density at radius 3 is 2.65 bits per heavy atom. The van der Waals surface area contributed by atoms with Crippen molar-refractivity contribution in [3.63, 3.8) is 0 Å². The molecule has 4 nitrogen and oxygen atoms in total. The van der Waals surface area contributed by atoms with E-state index in [1.165, 1.54) is 11.3 Å². The highest BCUT2D eigenvalue weighted by atomic mass is 35.5. The largest absolute Gasteiger partial charge is 0.507 e. The molecule has 1 N–H and O–H groups in total. The highest BCUT2D eigenvalue weighted by Gasteiger charge is 2.08. The van der Waals surface area contributed by atoms with E-state index < -0.39 is 0 Å². The quantitative estimate of drug-likeness (QED) is 0.372. The molecule has 0 radical (unpaired) electrons. The summed E-state index contributed by atoms with van der Waals surface area (Å²) < 4.78 is 2.04. The van der Waals surface area contributed by atoms with Crippen LogP contribution in [-0.2, 0) is 6.54 Å². The Balaban J connectivity index is 2.03. The summed E-state index contributed by atoms with van der Waals surface area (Å²) in [6.07, 6.45) is 1.82. The average molecular weight is 384 g/mol. The van der Waals surface area contributed by atoms with E-state index in [1.54, 1.807) is 12.1 Å². The molecule has 0 amide bonds. The second kappa shape index (κ2) is 8.17. The number of nitrogens with zero attached hydrogens (tertiary/aromatic N) is 3. The molecule has 0 saturated carbocycles. The first-order valence-electron chi connectivity index (χ1n) is 8.02. The maximum absolute atomic E-state index is 9.94. The van der Waals surface area contributed by atoms with Crippen LogP contribution in [0.4, 0.5) is 0 Å². The predicted molar refractivity (Wildman–Crippen MR) is 109 cm³/mol. The summed E-state index contributed by atoms with van der Waals surface area (Å²) in [5.41, 5.74) is 3.40. The highest BCUT2D eigenvalue weighted by molar-refractivity contribution is 7.07. The van der Waals surface area contributed by atoms with E-state index in [0.717, 1.165) is 16.1 Å². The van der Waals surface area contributed by atoms with Crippen molar-refractivity contribution >= 4 is 28.6 Å². The molecule has 6 heteroatoms. The van der Waals surface area contributed by atoms with Gasteiger partial charge < -0.3 is 9.67 Å². The van der Waals surface area contributed by atoms with Crippen molar-refractivity contribution in [1.29, 1.82) is 0 Å². The SMILES string of the molecule is C=CCn1c(-c2ccc(Cl)cc2)cs/c1=N/N=C(\C)c1ccccc1O. The molecule has 3 aromatic rings. The zero-order valence-corrected chi connectivity index (χ0v) is 15.8. The first kappa shape index (κ1) is 18.2. The van der Waals surface area contributed by atoms with Gasteiger partial charge in [-0.25, -0.2) is 0 Å². The third kappa shape index (κ3) is 3.95. The van der Waals surface area contributed by atoms with Gasteiger partial charge in [-0.1, -0.05) is 41.9 Å². The van der Waals surface area contributed by atoms with Crippen LogP contribution in [-0.4, -0.2) is 15.4 Å². The Labute approximate surface area is 161 Å². The van der Waals surface area contributed by atoms with Crippen LogP contribution in [0.15, 0.2) is 76.8 Å². The van der Waals surface area contributed by atoms with Crippen molar-refractivity contribution in [2.75, 3.05) is 0 Å². The lowest BCUT2D eigenvalue weighted by Crippen LogP contribution is -2.15. The number of para-hydroxylation sites is 1. The Bertz CT molecular complexity index is 1020. The molecule has 1 aromatic heterocycles. The van der Waals surface area contributed by atoms with Crippen LogP contribution in [0.25, 0.3) is 11.3 Å². The monoisotopic (exact) mass is 383 g/mol. The number of rotatable bonds is 5. The topological polar surface area (TPSA) is 49.9 Å². The minimum absolute atomic E-state index is 0.191. The van der Waals surface area contributed by atoms with Crippen molar-refractivity contribution in [3.05, 3.63) is 82.0 Å². The summed E-state index contributed by atoms with van der Waals surface area (Å²) in [5, 5.41) is 21.4. The van der Waals surface area contributed by atoms with Crippen LogP contribution in [0.1, 0.15) is 12.5 Å². The van der Waals surface area contributed by atoms with Gasteiger partial charge in [0.1, 0.15) is 5.75 Å². The van der Waals surface area contributed by atoms with Crippen LogP contribution < -0.4 is 4.80 Å². The Morgan fingerprint density at radius 1 is 1.23 bits per heavy atom. The molecule has 0 atom stereocenters. The molecule has 1 heterocycles. The molecule has 0 unspecified atom stereocenters. The van der Waals surface area contributed by atoms with Gasteiger partial charge in [-0.2, -0.15) is 5.10 Å². The molecule has 3 rings (SSSR count). The summed E-state index contributed by atoms with van der Waals surface area (Å²) in [6, 6.07) is 14.8. The third-order valence-electron chi connectivity index (χ3n) is 3.83. The zero-order valence-electron chi connectivity index (χ0n) is 14.3. The molecule has 0 fully saturated rings. The molecular formula is C20H18ClN3OS. The molecular weight excluding hydrogens is 366 g/mol. The summed E-state index contributed by atoms with van der Waals surface area (Å²) >= 11 is 7.49. The molecule has 0 aliphatic carbocycles. The van der Waals surface area contributed by atoms with Crippen molar-refractivity contribution in [1.82, 2.24) is 4.57 Å². The number of thiazole rings is 1. The van der Waals surface area contributed by atoms with Crippen molar-refractivity contribution in [2.45, 2.75) is 13.5 Å². The fourth-order valence-corrected chi connectivity index (χ4v) is 3.51. The molecule has 132 valence electrons. The van der Waals surface area contributed by atoms with Gasteiger partial charge in [-0.3, -0.25) is 0 Å². The number of phenols is 1. The predicted octanol–water partition coefficient (Wildman–Crippen LogP) is 5.09. The average Bonchev–Trinajstić information content (AvgIpc) is 3.04. The van der Waals surface area contributed by atoms with E-state index in [2.05, 4.69) is 16.8 Å². The van der Waals surface area contributed by atoms with Gasteiger partial charge >= 0.3 is 0 Å². The second-order valence-corrected chi connectivity index (χ2v) is 6.89. The lowest BCUT2D eigenvalue weighted by atomic mass is 10.1. The number of hydrogen-bond acceptors (Lipinski definition) is 4. The Hall–Kier alpha value is -2.63. The standard InChI is InChI=1S/C20H18ClN3OS/c1-3-12-24-18(15-8-10-16(21)11-9-15)13-26-20(24)23-22-14(2)17-6-4-5-7-19(17)25/h3-11,13,25H,1,12H2,2H3/b22-14+,23-20+. The second-order valence-electron chi connectivity index (χ2n) is 5.61. The summed E-state index contributed by atoms with van der Waals surface area (Å²) in [6.45, 7) is 6.27. The number of benzene rings is 2. The summed E-state index contributed by atoms with van der Waals surface area (Å²) in [4.78, 5) is 0.754. The van der Waals surface area contributed by atoms with E-state index in [9.17, 15) is 5.11 Å². The molecule has 0 saturated heterocycles. The molecule has 26 heavy (non-hydrogen) atoms. The van der Waals surface area contributed by atoms with Gasteiger partial charge in [0.05, 0.1) is 11.4 Å². The van der Waals surface area contributed by atoms with Crippen LogP contribution in [0.2, 0.25) is 5.02 Å². The number of halogens is 1. The summed E-state index contributed by atoms with van der Waals surface area (Å²) in [7, 11) is 0. The van der Waals surface area contributed by atoms with E-state index in [4.69, 9.17) is 11.6 Å². The van der Waals surface area contributed by atoms with Crippen LogP contribution in [0.3, 0.4) is 0 Å². The number of allylic oxidation sites excluding steroid dienone is 1. The van der Waals surface area contributed by atoms with Gasteiger partial charge in [-0.15, -0.1) is 23.0 Å². The van der Waals surface area contributed by atoms with Crippen molar-refractivity contribution in [2.24, 2.45) is 10.2 Å². The maximum atomic E-state index is 9.94. The molecule has 2 aromatic carbocycles. The minimum atomic E-state index is 0.191. The molecule has 0 aliphatic rings. The van der Waals surface area contributed by atoms with Crippen LogP contribution in [0, 0.1) is 0 Å². The number of aromatic nitrogens is 1. The van der Waals surface area contributed by atoms with E-state index in [-0.39, 0.29) is 5.75 Å². The van der Waals surface area contributed by atoms with Gasteiger partial charge in [-0.05, 0) is 36.8 Å². The first-order chi connectivity index (χ1) is 12.6. The normalized spacial score (nSPS) is 12.4. The van der Waals surface area contributed by atoms with Gasteiger partial charge in [0.15, 0.2) is 0 Å². The first-order valence-corrected chi connectivity index (χ1v) is 9.27. The Kier molecular flexibility index (Phi) is 5.71. The lowest BCUT2D eigenvalue weighted by molar-refractivity contribution is 0.474. The smallest absolute Gasteiger partial charge is 0.211 e. The van der Waals surface area contributed by atoms with E-state index in [0.29, 0.717) is 22.8 Å². The number of hydrogen-bond donors (Lipinski definition) is 1. The van der Waals surface area contributed by atoms with Gasteiger partial charge in [0.2, 0.25) is 4.80 Å². The van der Waals surface area contributed by atoms with Crippen LogP contribution >= 0.6 is 22.9 Å². The Morgan fingerprint density at radius 2 is 1.96 bits per heavy atom. The van der Waals surface area contributed by atoms with Gasteiger partial charge in [0.25, 0.3) is 0 Å². The molecule has 0 aliphatic heterocycles. The van der Waals surface area contributed by atoms with Gasteiger partial charge in [0, 0.05) is 22.5 Å². The summed E-state index contributed by atoms with van der Waals surface area (Å²) in [5.74, 6) is 0.191. The van der Waals surface area contributed by atoms with Crippen LogP contribution in [0.5, 0.6) is 5.75 Å².